The molecule has 6 N–H and O–H groups in total. The lowest BCUT2D eigenvalue weighted by atomic mass is 10.1. The second kappa shape index (κ2) is 17.9. The molecule has 0 spiro atoms. The molecule has 16 heteroatoms. The predicted molar refractivity (Wildman–Crippen MR) is 128 cm³/mol. The Labute approximate surface area is 214 Å². The van der Waals surface area contributed by atoms with Gasteiger partial charge in [-0.3, -0.25) is 20.2 Å². The van der Waals surface area contributed by atoms with Gasteiger partial charge < -0.3 is 26.2 Å². The smallest absolute Gasteiger partial charge is 0.414 e. The average Bonchev–Trinajstić information content (AvgIpc) is 2.80. The third-order valence-corrected chi connectivity index (χ3v) is 4.00. The van der Waals surface area contributed by atoms with Crippen molar-refractivity contribution in [3.05, 3.63) is 78.9 Å². The normalized spacial score (nSPS) is 8.89. The van der Waals surface area contributed by atoms with E-state index in [9.17, 15) is 20.2 Å². The fourth-order valence-electron chi connectivity index (χ4n) is 2.37. The van der Waals surface area contributed by atoms with Gasteiger partial charge in [-0.15, -0.1) is 0 Å². The summed E-state index contributed by atoms with van der Waals surface area (Å²) in [7, 11) is 0. The van der Waals surface area contributed by atoms with Crippen LogP contribution in [0.4, 0.5) is 11.4 Å². The first-order chi connectivity index (χ1) is 17.6. The van der Waals surface area contributed by atoms with Gasteiger partial charge >= 0.3 is 23.9 Å². The Hall–Kier alpha value is -5.43. The molecule has 2 rings (SSSR count). The van der Waals surface area contributed by atoms with Gasteiger partial charge in [0.05, 0.1) is 22.3 Å². The molecule has 0 saturated carbocycles. The van der Waals surface area contributed by atoms with Crippen LogP contribution in [0, 0.1) is 45.4 Å². The number of rotatable bonds is 5. The number of benzene rings is 2. The summed E-state index contributed by atoms with van der Waals surface area (Å²) in [6.07, 6.45) is 1.05. The first kappa shape index (κ1) is 34.7. The lowest BCUT2D eigenvalue weighted by molar-refractivity contribution is -0.385. The van der Waals surface area contributed by atoms with Crippen LogP contribution in [0.25, 0.3) is 0 Å². The van der Waals surface area contributed by atoms with Crippen LogP contribution in [-0.4, -0.2) is 60.7 Å². The summed E-state index contributed by atoms with van der Waals surface area (Å²) in [5, 5.41) is 58.9. The van der Waals surface area contributed by atoms with E-state index in [-0.39, 0.29) is 16.3 Å². The van der Waals surface area contributed by atoms with E-state index in [1.54, 1.807) is 32.0 Å². The first-order valence-electron chi connectivity index (χ1n) is 10.1. The van der Waals surface area contributed by atoms with E-state index < -0.39 is 28.8 Å². The zero-order chi connectivity index (χ0) is 30.0. The SMILES string of the molecule is Cc1cc(CC#N)ccc1[N+](=O)[O-].Cc1cc(CCN)ccc1[N+](=O)[O-].O=C(O)C(=O)O.O=C(O)C(=O)O. The van der Waals surface area contributed by atoms with Crippen molar-refractivity contribution in [3.63, 3.8) is 0 Å². The average molecular weight is 536 g/mol. The summed E-state index contributed by atoms with van der Waals surface area (Å²) in [6, 6.07) is 11.8. The molecule has 0 heterocycles. The highest BCUT2D eigenvalue weighted by molar-refractivity contribution is 6.27. The van der Waals surface area contributed by atoms with Crippen LogP contribution >= 0.6 is 0 Å². The van der Waals surface area contributed by atoms with E-state index in [1.807, 2.05) is 12.1 Å². The molecule has 0 radical (unpaired) electrons. The quantitative estimate of drug-likeness (QED) is 0.206. The van der Waals surface area contributed by atoms with Gasteiger partial charge in [-0.25, -0.2) is 19.2 Å². The molecular formula is C22H24N4O12. The lowest BCUT2D eigenvalue weighted by Gasteiger charge is -2.00. The first-order valence-corrected chi connectivity index (χ1v) is 10.1. The van der Waals surface area contributed by atoms with Gasteiger partial charge in [0.25, 0.3) is 11.4 Å². The molecule has 0 aliphatic heterocycles. The fraction of sp³-hybridized carbons (Fsp3) is 0.227. The van der Waals surface area contributed by atoms with E-state index in [2.05, 4.69) is 0 Å². The van der Waals surface area contributed by atoms with Crippen molar-refractivity contribution in [3.8, 4) is 6.07 Å². The number of nitro benzene ring substituents is 2. The highest BCUT2D eigenvalue weighted by Crippen LogP contribution is 2.19. The third kappa shape index (κ3) is 14.7. The van der Waals surface area contributed by atoms with Gasteiger partial charge in [0.1, 0.15) is 0 Å². The van der Waals surface area contributed by atoms with Gasteiger partial charge in [-0.1, -0.05) is 12.1 Å². The van der Waals surface area contributed by atoms with Crippen LogP contribution < -0.4 is 5.73 Å². The number of carboxylic acids is 4. The Bertz CT molecular complexity index is 1170. The number of aryl methyl sites for hydroxylation is 2. The maximum Gasteiger partial charge on any atom is 0.414 e. The highest BCUT2D eigenvalue weighted by Gasteiger charge is 2.10. The molecule has 0 saturated heterocycles. The highest BCUT2D eigenvalue weighted by atomic mass is 16.6. The monoisotopic (exact) mass is 536 g/mol. The zero-order valence-corrected chi connectivity index (χ0v) is 20.1. The van der Waals surface area contributed by atoms with E-state index in [1.165, 1.54) is 12.1 Å². The molecule has 0 amide bonds. The number of carbonyl (C=O) groups is 4. The summed E-state index contributed by atoms with van der Waals surface area (Å²) in [6.45, 7) is 3.97. The topological polar surface area (TPSA) is 285 Å². The zero-order valence-electron chi connectivity index (χ0n) is 20.1. The van der Waals surface area contributed by atoms with Gasteiger partial charge in [-0.05, 0) is 50.1 Å². The molecular weight excluding hydrogens is 512 g/mol. The molecule has 2 aromatic rings. The van der Waals surface area contributed by atoms with Crippen LogP contribution in [0.3, 0.4) is 0 Å². The van der Waals surface area contributed by atoms with Crippen molar-refractivity contribution in [2.24, 2.45) is 5.73 Å². The molecule has 204 valence electrons. The van der Waals surface area contributed by atoms with Crippen molar-refractivity contribution >= 4 is 35.3 Å². The Balaban J connectivity index is 0. The predicted octanol–water partition coefficient (Wildman–Crippen LogP) is 1.68. The van der Waals surface area contributed by atoms with Gasteiger partial charge in [0.15, 0.2) is 0 Å². The van der Waals surface area contributed by atoms with Crippen LogP contribution in [0.5, 0.6) is 0 Å². The van der Waals surface area contributed by atoms with E-state index in [0.29, 0.717) is 24.1 Å². The van der Waals surface area contributed by atoms with Crippen LogP contribution in [0.2, 0.25) is 0 Å². The standard InChI is InChI=1S/C9H12N2O2.C9H8N2O2.2C2H2O4/c2*1-7-6-8(4-5-10)2-3-9(7)11(12)13;2*3-1(4)2(5)6/h2-3,6H,4-5,10H2,1H3;2-3,6H,4H2,1H3;2*(H,3,4)(H,5,6). The van der Waals surface area contributed by atoms with E-state index in [0.717, 1.165) is 17.5 Å². The summed E-state index contributed by atoms with van der Waals surface area (Å²) < 4.78 is 0. The van der Waals surface area contributed by atoms with Gasteiger partial charge in [-0.2, -0.15) is 5.26 Å². The number of aliphatic carboxylic acids is 4. The van der Waals surface area contributed by atoms with Crippen LogP contribution in [0.15, 0.2) is 36.4 Å². The Morgan fingerprint density at radius 1 is 0.789 bits per heavy atom. The molecule has 16 nitrogen and oxygen atoms in total. The Morgan fingerprint density at radius 2 is 1.13 bits per heavy atom. The molecule has 2 aromatic carbocycles. The fourth-order valence-corrected chi connectivity index (χ4v) is 2.37. The summed E-state index contributed by atoms with van der Waals surface area (Å²) in [5.41, 5.74) is 8.78. The van der Waals surface area contributed by atoms with Gasteiger partial charge in [0, 0.05) is 23.3 Å². The molecule has 0 aliphatic carbocycles. The third-order valence-electron chi connectivity index (χ3n) is 4.00. The maximum absolute atomic E-state index is 10.5. The number of nitro groups is 2. The molecule has 0 atom stereocenters. The molecule has 0 aromatic heterocycles. The minimum absolute atomic E-state index is 0.0988. The summed E-state index contributed by atoms with van der Waals surface area (Å²) in [4.78, 5) is 56.5. The largest absolute Gasteiger partial charge is 0.473 e. The Morgan fingerprint density at radius 3 is 1.39 bits per heavy atom. The molecule has 0 bridgehead atoms. The lowest BCUT2D eigenvalue weighted by Crippen LogP contribution is -2.09. The summed E-state index contributed by atoms with van der Waals surface area (Å²) in [5.74, 6) is -7.30. The molecule has 38 heavy (non-hydrogen) atoms. The number of nitrogens with two attached hydrogens (primary N) is 1. The van der Waals surface area contributed by atoms with Crippen molar-refractivity contribution in [2.75, 3.05) is 6.54 Å². The molecule has 0 aliphatic rings. The number of hydrogen-bond donors (Lipinski definition) is 5. The number of carboxylic acid groups (broad SMARTS) is 4. The van der Waals surface area contributed by atoms with Crippen LogP contribution in [-0.2, 0) is 32.0 Å². The number of hydrogen-bond acceptors (Lipinski definition) is 10. The van der Waals surface area contributed by atoms with Crippen molar-refractivity contribution < 1.29 is 49.5 Å². The summed E-state index contributed by atoms with van der Waals surface area (Å²) >= 11 is 0. The van der Waals surface area contributed by atoms with Gasteiger partial charge in [0.2, 0.25) is 0 Å². The van der Waals surface area contributed by atoms with Crippen molar-refractivity contribution in [2.45, 2.75) is 26.7 Å². The second-order valence-corrected chi connectivity index (χ2v) is 6.85. The maximum atomic E-state index is 10.5. The van der Waals surface area contributed by atoms with E-state index >= 15 is 0 Å². The van der Waals surface area contributed by atoms with Crippen molar-refractivity contribution in [1.29, 1.82) is 5.26 Å². The minimum Gasteiger partial charge on any atom is -0.473 e. The Kier molecular flexibility index (Phi) is 16.4. The van der Waals surface area contributed by atoms with Crippen molar-refractivity contribution in [1.82, 2.24) is 0 Å². The molecule has 0 fully saturated rings. The second-order valence-electron chi connectivity index (χ2n) is 6.85. The minimum atomic E-state index is -1.82. The number of nitriles is 1. The van der Waals surface area contributed by atoms with Crippen LogP contribution in [0.1, 0.15) is 22.3 Å². The van der Waals surface area contributed by atoms with E-state index in [4.69, 9.17) is 50.6 Å². The number of nitrogens with zero attached hydrogens (tertiary/aromatic N) is 3. The molecule has 0 unspecified atom stereocenters.